The third-order valence-electron chi connectivity index (χ3n) is 6.24. The number of benzene rings is 2. The van der Waals surface area contributed by atoms with Crippen molar-refractivity contribution in [3.63, 3.8) is 0 Å². The summed E-state index contributed by atoms with van der Waals surface area (Å²) in [6.45, 7) is 6.25. The van der Waals surface area contributed by atoms with Crippen LogP contribution in [-0.2, 0) is 22.2 Å². The number of aliphatic hydroxyl groups excluding tert-OH is 2. The lowest BCUT2D eigenvalue weighted by Gasteiger charge is -2.23. The van der Waals surface area contributed by atoms with Gasteiger partial charge >= 0.3 is 0 Å². The lowest BCUT2D eigenvalue weighted by atomic mass is 9.92. The number of amides is 1. The van der Waals surface area contributed by atoms with E-state index in [0.717, 1.165) is 16.6 Å². The molecule has 1 aliphatic rings. The van der Waals surface area contributed by atoms with Crippen LogP contribution >= 0.6 is 0 Å². The molecule has 1 atom stereocenters. The molecule has 0 bridgehead atoms. The second-order valence-corrected chi connectivity index (χ2v) is 9.74. The molecule has 1 aromatic heterocycles. The molecule has 0 radical (unpaired) electrons. The maximum absolute atomic E-state index is 13.1. The van der Waals surface area contributed by atoms with Crippen LogP contribution in [-0.4, -0.2) is 43.6 Å². The van der Waals surface area contributed by atoms with Crippen LogP contribution in [0.15, 0.2) is 42.5 Å². The fourth-order valence-electron chi connectivity index (χ4n) is 4.28. The molecule has 7 heteroatoms. The summed E-state index contributed by atoms with van der Waals surface area (Å²) in [4.78, 5) is 13.1. The van der Waals surface area contributed by atoms with E-state index in [1.807, 2.05) is 22.8 Å². The molecule has 7 nitrogen and oxygen atoms in total. The van der Waals surface area contributed by atoms with Gasteiger partial charge in [0, 0.05) is 27.7 Å². The van der Waals surface area contributed by atoms with Crippen LogP contribution in [0.4, 0.5) is 5.69 Å². The summed E-state index contributed by atoms with van der Waals surface area (Å²) in [6, 6.07) is 12.2. The highest BCUT2D eigenvalue weighted by molar-refractivity contribution is 6.02. The molecule has 0 saturated heterocycles. The number of fused-ring (bicyclic) bond motifs is 1. The van der Waals surface area contributed by atoms with Crippen LogP contribution < -0.4 is 5.32 Å². The Balaban J connectivity index is 1.64. The van der Waals surface area contributed by atoms with E-state index in [0.29, 0.717) is 24.1 Å². The maximum atomic E-state index is 13.1. The molecular formula is C25H30N2O5. The SMILES string of the molecule is CC(C)(C)c1cc2cc(NC(=O)C3(c4ccc(O)c(O)c4)CC3)ccc2n1CC(O)CO. The molecule has 1 heterocycles. The number of carbonyl (C=O) groups excluding carboxylic acids is 1. The van der Waals surface area contributed by atoms with Gasteiger partial charge in [-0.2, -0.15) is 0 Å². The van der Waals surface area contributed by atoms with E-state index in [1.54, 1.807) is 6.07 Å². The van der Waals surface area contributed by atoms with Gasteiger partial charge in [-0.3, -0.25) is 4.79 Å². The number of phenolic OH excluding ortho intramolecular Hbond substituents is 2. The van der Waals surface area contributed by atoms with E-state index >= 15 is 0 Å². The predicted octanol–water partition coefficient (Wildman–Crippen LogP) is 3.37. The zero-order valence-electron chi connectivity index (χ0n) is 18.6. The third-order valence-corrected chi connectivity index (χ3v) is 6.24. The Bertz CT molecular complexity index is 1170. The standard InChI is InChI=1S/C25H30N2O5/c1-24(2,3)22-11-15-10-17(5-6-19(15)27(22)13-18(29)14-28)26-23(32)25(8-9-25)16-4-7-20(30)21(31)12-16/h4-7,10-12,18,28-31H,8-9,13-14H2,1-3H3,(H,26,32). The summed E-state index contributed by atoms with van der Waals surface area (Å²) in [7, 11) is 0. The number of anilines is 1. The lowest BCUT2D eigenvalue weighted by Crippen LogP contribution is -2.27. The van der Waals surface area contributed by atoms with Crippen molar-refractivity contribution in [2.24, 2.45) is 0 Å². The molecule has 170 valence electrons. The van der Waals surface area contributed by atoms with Crippen LogP contribution in [0.25, 0.3) is 10.9 Å². The van der Waals surface area contributed by atoms with Crippen molar-refractivity contribution in [2.45, 2.75) is 57.1 Å². The zero-order valence-corrected chi connectivity index (χ0v) is 18.6. The molecule has 32 heavy (non-hydrogen) atoms. The monoisotopic (exact) mass is 438 g/mol. The average molecular weight is 439 g/mol. The third kappa shape index (κ3) is 3.94. The molecule has 1 aliphatic carbocycles. The number of hydrogen-bond donors (Lipinski definition) is 5. The number of aromatic nitrogens is 1. The van der Waals surface area contributed by atoms with Gasteiger partial charge in [0.2, 0.25) is 5.91 Å². The van der Waals surface area contributed by atoms with Gasteiger partial charge in [0.15, 0.2) is 11.5 Å². The number of carbonyl (C=O) groups is 1. The molecule has 1 fully saturated rings. The van der Waals surface area contributed by atoms with E-state index in [4.69, 9.17) is 0 Å². The van der Waals surface area contributed by atoms with Gasteiger partial charge in [0.05, 0.1) is 24.7 Å². The Kier molecular flexibility index (Phi) is 5.43. The fraction of sp³-hybridized carbons (Fsp3) is 0.400. The number of hydrogen-bond acceptors (Lipinski definition) is 5. The number of nitrogens with zero attached hydrogens (tertiary/aromatic N) is 1. The molecule has 1 unspecified atom stereocenters. The van der Waals surface area contributed by atoms with E-state index in [2.05, 4.69) is 32.2 Å². The molecule has 0 aliphatic heterocycles. The molecule has 3 aromatic rings. The van der Waals surface area contributed by atoms with Gasteiger partial charge in [0.1, 0.15) is 0 Å². The first-order valence-electron chi connectivity index (χ1n) is 10.8. The van der Waals surface area contributed by atoms with Crippen molar-refractivity contribution >= 4 is 22.5 Å². The summed E-state index contributed by atoms with van der Waals surface area (Å²) in [6.07, 6.45) is 0.492. The Morgan fingerprint density at radius 3 is 2.41 bits per heavy atom. The van der Waals surface area contributed by atoms with Gasteiger partial charge in [0.25, 0.3) is 0 Å². The normalized spacial score (nSPS) is 16.2. The largest absolute Gasteiger partial charge is 0.504 e. The summed E-state index contributed by atoms with van der Waals surface area (Å²) in [5.74, 6) is -0.585. The highest BCUT2D eigenvalue weighted by Crippen LogP contribution is 2.50. The molecule has 2 aromatic carbocycles. The van der Waals surface area contributed by atoms with Gasteiger partial charge in [-0.05, 0) is 54.8 Å². The molecule has 4 rings (SSSR count). The first kappa shape index (κ1) is 22.2. The minimum atomic E-state index is -0.859. The molecule has 1 amide bonds. The van der Waals surface area contributed by atoms with Crippen LogP contribution in [0.2, 0.25) is 0 Å². The lowest BCUT2D eigenvalue weighted by molar-refractivity contribution is -0.118. The Hall–Kier alpha value is -3.03. The topological polar surface area (TPSA) is 115 Å². The smallest absolute Gasteiger partial charge is 0.235 e. The quantitative estimate of drug-likeness (QED) is 0.379. The van der Waals surface area contributed by atoms with Gasteiger partial charge in [-0.25, -0.2) is 0 Å². The van der Waals surface area contributed by atoms with Crippen LogP contribution in [0.1, 0.15) is 44.9 Å². The number of rotatable bonds is 6. The first-order chi connectivity index (χ1) is 15.0. The van der Waals surface area contributed by atoms with Crippen molar-refractivity contribution in [3.05, 3.63) is 53.7 Å². The summed E-state index contributed by atoms with van der Waals surface area (Å²) in [5, 5.41) is 42.7. The average Bonchev–Trinajstić information content (AvgIpc) is 3.47. The fourth-order valence-corrected chi connectivity index (χ4v) is 4.28. The number of aromatic hydroxyl groups is 2. The minimum absolute atomic E-state index is 0.145. The molecule has 5 N–H and O–H groups in total. The van der Waals surface area contributed by atoms with Crippen molar-refractivity contribution in [3.8, 4) is 11.5 Å². The Morgan fingerprint density at radius 1 is 1.09 bits per heavy atom. The summed E-state index contributed by atoms with van der Waals surface area (Å²) in [5.41, 5.74) is 2.43. The van der Waals surface area contributed by atoms with Gasteiger partial charge in [-0.15, -0.1) is 0 Å². The van der Waals surface area contributed by atoms with Crippen molar-refractivity contribution in [1.29, 1.82) is 0 Å². The minimum Gasteiger partial charge on any atom is -0.504 e. The Morgan fingerprint density at radius 2 is 1.81 bits per heavy atom. The first-order valence-corrected chi connectivity index (χ1v) is 10.8. The second-order valence-electron chi connectivity index (χ2n) is 9.74. The van der Waals surface area contributed by atoms with Crippen molar-refractivity contribution < 1.29 is 25.2 Å². The number of nitrogens with one attached hydrogen (secondary N) is 1. The highest BCUT2D eigenvalue weighted by atomic mass is 16.3. The predicted molar refractivity (Wildman–Crippen MR) is 123 cm³/mol. The van der Waals surface area contributed by atoms with Gasteiger partial charge < -0.3 is 30.3 Å². The zero-order chi connectivity index (χ0) is 23.3. The highest BCUT2D eigenvalue weighted by Gasteiger charge is 2.51. The summed E-state index contributed by atoms with van der Waals surface area (Å²) < 4.78 is 2.02. The second kappa shape index (κ2) is 7.83. The summed E-state index contributed by atoms with van der Waals surface area (Å²) >= 11 is 0. The van der Waals surface area contributed by atoms with E-state index in [9.17, 15) is 25.2 Å². The van der Waals surface area contributed by atoms with E-state index in [-0.39, 0.29) is 36.0 Å². The van der Waals surface area contributed by atoms with Crippen LogP contribution in [0.5, 0.6) is 11.5 Å². The Labute approximate surface area is 186 Å². The van der Waals surface area contributed by atoms with E-state index < -0.39 is 11.5 Å². The van der Waals surface area contributed by atoms with E-state index in [1.165, 1.54) is 12.1 Å². The molecular weight excluding hydrogens is 408 g/mol. The molecule has 0 spiro atoms. The van der Waals surface area contributed by atoms with Crippen molar-refractivity contribution in [2.75, 3.05) is 11.9 Å². The molecule has 1 saturated carbocycles. The number of aliphatic hydroxyl groups is 2. The van der Waals surface area contributed by atoms with Gasteiger partial charge in [-0.1, -0.05) is 26.8 Å². The van der Waals surface area contributed by atoms with Crippen LogP contribution in [0.3, 0.4) is 0 Å². The van der Waals surface area contributed by atoms with Crippen LogP contribution in [0, 0.1) is 0 Å². The maximum Gasteiger partial charge on any atom is 0.235 e. The number of phenols is 2. The van der Waals surface area contributed by atoms with Crippen molar-refractivity contribution in [1.82, 2.24) is 4.57 Å².